The summed E-state index contributed by atoms with van der Waals surface area (Å²) in [6.07, 6.45) is 11.9. The number of unbranched alkanes of at least 4 members (excludes halogenated alkanes) is 8. The van der Waals surface area contributed by atoms with Gasteiger partial charge in [0.1, 0.15) is 18.1 Å². The molecule has 0 N–H and O–H groups in total. The van der Waals surface area contributed by atoms with Crippen LogP contribution in [0.2, 0.25) is 5.02 Å². The molecule has 0 aliphatic rings. The van der Waals surface area contributed by atoms with Crippen LogP contribution in [0.5, 0.6) is 11.5 Å². The van der Waals surface area contributed by atoms with Gasteiger partial charge in [-0.3, -0.25) is 0 Å². The van der Waals surface area contributed by atoms with Crippen molar-refractivity contribution in [2.24, 2.45) is 0 Å². The Labute approximate surface area is 200 Å². The zero-order chi connectivity index (χ0) is 23.0. The van der Waals surface area contributed by atoms with Gasteiger partial charge in [0.15, 0.2) is 0 Å². The summed E-state index contributed by atoms with van der Waals surface area (Å²) in [7, 11) is 0. The Hall–Kier alpha value is -1.71. The molecule has 0 aromatic heterocycles. The number of rotatable bonds is 17. The molecule has 0 bridgehead atoms. The third-order valence-corrected chi connectivity index (χ3v) is 5.86. The molecular formula is C28H41ClO3. The van der Waals surface area contributed by atoms with Gasteiger partial charge in [0.25, 0.3) is 0 Å². The second-order valence-corrected chi connectivity index (χ2v) is 8.83. The van der Waals surface area contributed by atoms with E-state index in [0.717, 1.165) is 35.7 Å². The molecule has 0 fully saturated rings. The van der Waals surface area contributed by atoms with Crippen LogP contribution in [0, 0.1) is 0 Å². The molecule has 0 radical (unpaired) electrons. The molecular weight excluding hydrogens is 420 g/mol. The van der Waals surface area contributed by atoms with Crippen molar-refractivity contribution in [2.45, 2.75) is 84.7 Å². The zero-order valence-electron chi connectivity index (χ0n) is 20.2. The van der Waals surface area contributed by atoms with E-state index in [-0.39, 0.29) is 6.10 Å². The van der Waals surface area contributed by atoms with Gasteiger partial charge in [-0.15, -0.1) is 0 Å². The van der Waals surface area contributed by atoms with Crippen LogP contribution in [0.15, 0.2) is 42.5 Å². The van der Waals surface area contributed by atoms with E-state index in [0.29, 0.717) is 18.2 Å². The van der Waals surface area contributed by atoms with Crippen molar-refractivity contribution in [1.29, 1.82) is 0 Å². The number of ether oxygens (including phenoxy) is 3. The molecule has 0 spiro atoms. The Morgan fingerprint density at radius 1 is 0.750 bits per heavy atom. The minimum Gasteiger partial charge on any atom is -0.492 e. The van der Waals surface area contributed by atoms with Gasteiger partial charge in [0, 0.05) is 6.61 Å². The third kappa shape index (κ3) is 10.3. The number of hydrogen-bond donors (Lipinski definition) is 0. The molecule has 3 nitrogen and oxygen atoms in total. The number of benzene rings is 2. The van der Waals surface area contributed by atoms with E-state index in [1.807, 2.05) is 38.1 Å². The molecule has 1 atom stereocenters. The standard InChI is InChI=1S/C28H41ClO3/c1-4-6-7-8-9-10-11-12-13-20-31-28-19-16-25(21-27(28)29)24-14-17-26(18-15-24)32-22-23(3)30-5-2/h14-19,21,23H,4-13,20,22H2,1-3H3. The highest BCUT2D eigenvalue weighted by Crippen LogP contribution is 2.31. The van der Waals surface area contributed by atoms with E-state index in [4.69, 9.17) is 25.8 Å². The van der Waals surface area contributed by atoms with Crippen LogP contribution in [-0.2, 0) is 4.74 Å². The van der Waals surface area contributed by atoms with E-state index in [2.05, 4.69) is 25.1 Å². The lowest BCUT2D eigenvalue weighted by atomic mass is 10.1. The minimum atomic E-state index is 0.0848. The third-order valence-electron chi connectivity index (χ3n) is 5.56. The summed E-state index contributed by atoms with van der Waals surface area (Å²) in [4.78, 5) is 0. The first kappa shape index (κ1) is 26.5. The maximum absolute atomic E-state index is 6.48. The fraction of sp³-hybridized carbons (Fsp3) is 0.571. The molecule has 0 saturated carbocycles. The number of hydrogen-bond acceptors (Lipinski definition) is 3. The maximum atomic E-state index is 6.48. The van der Waals surface area contributed by atoms with Crippen molar-refractivity contribution in [3.05, 3.63) is 47.5 Å². The summed E-state index contributed by atoms with van der Waals surface area (Å²) < 4.78 is 17.2. The van der Waals surface area contributed by atoms with Crippen molar-refractivity contribution < 1.29 is 14.2 Å². The normalized spacial score (nSPS) is 12.0. The molecule has 0 aliphatic carbocycles. The predicted molar refractivity (Wildman–Crippen MR) is 136 cm³/mol. The predicted octanol–water partition coefficient (Wildman–Crippen LogP) is 8.72. The quantitative estimate of drug-likeness (QED) is 0.221. The Morgan fingerprint density at radius 2 is 1.38 bits per heavy atom. The average molecular weight is 461 g/mol. The van der Waals surface area contributed by atoms with Crippen molar-refractivity contribution >= 4 is 11.6 Å². The topological polar surface area (TPSA) is 27.7 Å². The van der Waals surface area contributed by atoms with Crippen molar-refractivity contribution in [1.82, 2.24) is 0 Å². The molecule has 0 saturated heterocycles. The van der Waals surface area contributed by atoms with Gasteiger partial charge in [0.2, 0.25) is 0 Å². The lowest BCUT2D eigenvalue weighted by Gasteiger charge is -2.13. The van der Waals surface area contributed by atoms with E-state index in [1.54, 1.807) is 0 Å². The molecule has 4 heteroatoms. The second kappa shape index (κ2) is 16.0. The van der Waals surface area contributed by atoms with Crippen LogP contribution < -0.4 is 9.47 Å². The average Bonchev–Trinajstić information content (AvgIpc) is 2.80. The largest absolute Gasteiger partial charge is 0.492 e. The summed E-state index contributed by atoms with van der Waals surface area (Å²) in [6, 6.07) is 14.1. The molecule has 32 heavy (non-hydrogen) atoms. The molecule has 2 rings (SSSR count). The van der Waals surface area contributed by atoms with Crippen LogP contribution in [0.25, 0.3) is 11.1 Å². The second-order valence-electron chi connectivity index (χ2n) is 8.42. The highest BCUT2D eigenvalue weighted by molar-refractivity contribution is 6.32. The van der Waals surface area contributed by atoms with Crippen LogP contribution >= 0.6 is 11.6 Å². The molecule has 0 heterocycles. The molecule has 0 amide bonds. The van der Waals surface area contributed by atoms with E-state index >= 15 is 0 Å². The minimum absolute atomic E-state index is 0.0848. The van der Waals surface area contributed by atoms with Crippen LogP contribution in [0.1, 0.15) is 78.6 Å². The Balaban J connectivity index is 1.71. The fourth-order valence-corrected chi connectivity index (χ4v) is 3.92. The highest BCUT2D eigenvalue weighted by Gasteiger charge is 2.07. The summed E-state index contributed by atoms with van der Waals surface area (Å²) in [5.74, 6) is 1.60. The van der Waals surface area contributed by atoms with Crippen LogP contribution in [-0.4, -0.2) is 25.9 Å². The van der Waals surface area contributed by atoms with Crippen molar-refractivity contribution in [2.75, 3.05) is 19.8 Å². The lowest BCUT2D eigenvalue weighted by Crippen LogP contribution is -2.17. The first-order valence-electron chi connectivity index (χ1n) is 12.4. The van der Waals surface area contributed by atoms with Gasteiger partial charge in [-0.1, -0.05) is 88.1 Å². The first-order chi connectivity index (χ1) is 15.6. The molecule has 0 aliphatic heterocycles. The zero-order valence-corrected chi connectivity index (χ0v) is 21.0. The Morgan fingerprint density at radius 3 is 2.00 bits per heavy atom. The van der Waals surface area contributed by atoms with Crippen LogP contribution in [0.3, 0.4) is 0 Å². The van der Waals surface area contributed by atoms with E-state index in [9.17, 15) is 0 Å². The highest BCUT2D eigenvalue weighted by atomic mass is 35.5. The molecule has 2 aromatic carbocycles. The van der Waals surface area contributed by atoms with Crippen LogP contribution in [0.4, 0.5) is 0 Å². The number of halogens is 1. The first-order valence-corrected chi connectivity index (χ1v) is 12.8. The summed E-state index contributed by atoms with van der Waals surface area (Å²) in [5.41, 5.74) is 2.17. The van der Waals surface area contributed by atoms with Gasteiger partial charge in [-0.2, -0.15) is 0 Å². The maximum Gasteiger partial charge on any atom is 0.137 e. The van der Waals surface area contributed by atoms with Gasteiger partial charge in [0.05, 0.1) is 17.7 Å². The fourth-order valence-electron chi connectivity index (χ4n) is 3.68. The van der Waals surface area contributed by atoms with Gasteiger partial charge in [-0.25, -0.2) is 0 Å². The summed E-state index contributed by atoms with van der Waals surface area (Å²) >= 11 is 6.48. The van der Waals surface area contributed by atoms with E-state index < -0.39 is 0 Å². The molecule has 2 aromatic rings. The lowest BCUT2D eigenvalue weighted by molar-refractivity contribution is 0.0402. The SMILES string of the molecule is CCCCCCCCCCCOc1ccc(-c2ccc(OCC(C)OCC)cc2)cc1Cl. The van der Waals surface area contributed by atoms with Gasteiger partial charge >= 0.3 is 0 Å². The van der Waals surface area contributed by atoms with Gasteiger partial charge in [-0.05, 0) is 55.7 Å². The van der Waals surface area contributed by atoms with Crippen molar-refractivity contribution in [3.63, 3.8) is 0 Å². The smallest absolute Gasteiger partial charge is 0.137 e. The van der Waals surface area contributed by atoms with Crippen molar-refractivity contribution in [3.8, 4) is 22.6 Å². The summed E-state index contributed by atoms with van der Waals surface area (Å²) in [6.45, 7) is 8.23. The Kier molecular flexibility index (Phi) is 13.3. The summed E-state index contributed by atoms with van der Waals surface area (Å²) in [5, 5.41) is 0.657. The monoisotopic (exact) mass is 460 g/mol. The Bertz CT molecular complexity index is 745. The molecule has 178 valence electrons. The van der Waals surface area contributed by atoms with Gasteiger partial charge < -0.3 is 14.2 Å². The van der Waals surface area contributed by atoms with E-state index in [1.165, 1.54) is 51.4 Å². The molecule has 1 unspecified atom stereocenters.